The van der Waals surface area contributed by atoms with Crippen LogP contribution >= 0.6 is 0 Å². The molecule has 1 saturated heterocycles. The fraction of sp³-hybridized carbons (Fsp3) is 0.400. The van der Waals surface area contributed by atoms with Gasteiger partial charge in [-0.15, -0.1) is 0 Å². The van der Waals surface area contributed by atoms with Crippen LogP contribution in [0.4, 0.5) is 0 Å². The first-order valence-electron chi connectivity index (χ1n) is 10.3. The zero-order chi connectivity index (χ0) is 20.7. The third kappa shape index (κ3) is 5.48. The Morgan fingerprint density at radius 1 is 1.10 bits per heavy atom. The lowest BCUT2D eigenvalue weighted by molar-refractivity contribution is -0.116. The molecular formula is C25H31NO3. The molecule has 2 aromatic carbocycles. The van der Waals surface area contributed by atoms with Gasteiger partial charge in [0.15, 0.2) is 0 Å². The predicted octanol–water partition coefficient (Wildman–Crippen LogP) is 4.70. The molecule has 29 heavy (non-hydrogen) atoms. The van der Waals surface area contributed by atoms with E-state index in [1.54, 1.807) is 13.2 Å². The largest absolute Gasteiger partial charge is 0.497 e. The molecule has 1 amide bonds. The van der Waals surface area contributed by atoms with Crippen LogP contribution in [0.15, 0.2) is 54.6 Å². The number of carbonyl (C=O) groups is 1. The Bertz CT molecular complexity index is 816. The van der Waals surface area contributed by atoms with E-state index in [9.17, 15) is 4.79 Å². The number of hydrogen-bond acceptors (Lipinski definition) is 3. The van der Waals surface area contributed by atoms with Gasteiger partial charge in [0, 0.05) is 31.2 Å². The highest BCUT2D eigenvalue weighted by Gasteiger charge is 2.34. The molecule has 154 valence electrons. The van der Waals surface area contributed by atoms with Crippen molar-refractivity contribution in [3.05, 3.63) is 71.3 Å². The van der Waals surface area contributed by atoms with Crippen LogP contribution < -0.4 is 10.1 Å². The fourth-order valence-electron chi connectivity index (χ4n) is 3.75. The summed E-state index contributed by atoms with van der Waals surface area (Å²) in [5.74, 6) is 1.27. The van der Waals surface area contributed by atoms with Gasteiger partial charge < -0.3 is 14.8 Å². The third-order valence-electron chi connectivity index (χ3n) is 5.78. The molecule has 0 saturated carbocycles. The molecule has 0 atom stereocenters. The van der Waals surface area contributed by atoms with E-state index >= 15 is 0 Å². The molecule has 4 nitrogen and oxygen atoms in total. The summed E-state index contributed by atoms with van der Waals surface area (Å²) in [6.45, 7) is 6.36. The average Bonchev–Trinajstić information content (AvgIpc) is 2.77. The quantitative estimate of drug-likeness (QED) is 0.694. The van der Waals surface area contributed by atoms with E-state index in [2.05, 4.69) is 55.6 Å². The second-order valence-electron chi connectivity index (χ2n) is 7.99. The smallest absolute Gasteiger partial charge is 0.244 e. The van der Waals surface area contributed by atoms with Crippen LogP contribution in [0.3, 0.4) is 0 Å². The van der Waals surface area contributed by atoms with Crippen LogP contribution in [-0.4, -0.2) is 32.8 Å². The molecule has 2 aromatic rings. The van der Waals surface area contributed by atoms with Crippen LogP contribution in [-0.2, 0) is 14.9 Å². The lowest BCUT2D eigenvalue weighted by Gasteiger charge is -2.38. The Hall–Kier alpha value is -2.59. The Morgan fingerprint density at radius 2 is 1.76 bits per heavy atom. The third-order valence-corrected chi connectivity index (χ3v) is 5.78. The fourth-order valence-corrected chi connectivity index (χ4v) is 3.75. The average molecular weight is 394 g/mol. The molecular weight excluding hydrogens is 362 g/mol. The minimum absolute atomic E-state index is 0.0719. The molecule has 0 bridgehead atoms. The van der Waals surface area contributed by atoms with Crippen LogP contribution in [0.1, 0.15) is 49.3 Å². The van der Waals surface area contributed by atoms with E-state index in [4.69, 9.17) is 9.47 Å². The van der Waals surface area contributed by atoms with Crippen molar-refractivity contribution >= 4 is 12.0 Å². The maximum Gasteiger partial charge on any atom is 0.244 e. The molecule has 1 heterocycles. The Kier molecular flexibility index (Phi) is 7.10. The number of methoxy groups -OCH3 is 1. The van der Waals surface area contributed by atoms with Crippen molar-refractivity contribution in [2.75, 3.05) is 26.9 Å². The minimum Gasteiger partial charge on any atom is -0.497 e. The predicted molar refractivity (Wildman–Crippen MR) is 117 cm³/mol. The van der Waals surface area contributed by atoms with Gasteiger partial charge in [-0.2, -0.15) is 0 Å². The van der Waals surface area contributed by atoms with Gasteiger partial charge >= 0.3 is 0 Å². The molecule has 4 heteroatoms. The number of carbonyl (C=O) groups excluding carboxylic acids is 1. The van der Waals surface area contributed by atoms with Crippen LogP contribution in [0.2, 0.25) is 0 Å². The summed E-state index contributed by atoms with van der Waals surface area (Å²) in [7, 11) is 1.67. The monoisotopic (exact) mass is 393 g/mol. The van der Waals surface area contributed by atoms with Gasteiger partial charge in [0.1, 0.15) is 5.75 Å². The lowest BCUT2D eigenvalue weighted by atomic mass is 9.74. The Labute approximate surface area is 173 Å². The second kappa shape index (κ2) is 9.75. The summed E-state index contributed by atoms with van der Waals surface area (Å²) >= 11 is 0. The molecule has 1 N–H and O–H groups in total. The summed E-state index contributed by atoms with van der Waals surface area (Å²) < 4.78 is 10.9. The van der Waals surface area contributed by atoms with Gasteiger partial charge in [0.2, 0.25) is 5.91 Å². The Balaban J connectivity index is 1.64. The zero-order valence-corrected chi connectivity index (χ0v) is 17.6. The summed E-state index contributed by atoms with van der Waals surface area (Å²) in [4.78, 5) is 12.5. The number of amides is 1. The molecule has 1 aliphatic rings. The van der Waals surface area contributed by atoms with Gasteiger partial charge in [-0.1, -0.05) is 50.2 Å². The first-order valence-corrected chi connectivity index (χ1v) is 10.3. The summed E-state index contributed by atoms with van der Waals surface area (Å²) in [5, 5.41) is 3.11. The first-order chi connectivity index (χ1) is 14.0. The van der Waals surface area contributed by atoms with E-state index in [0.29, 0.717) is 25.7 Å². The summed E-state index contributed by atoms with van der Waals surface area (Å²) in [6, 6.07) is 16.5. The van der Waals surface area contributed by atoms with E-state index in [1.807, 2.05) is 18.2 Å². The molecule has 0 aliphatic carbocycles. The summed E-state index contributed by atoms with van der Waals surface area (Å²) in [5.41, 5.74) is 3.44. The van der Waals surface area contributed by atoms with Crippen LogP contribution in [0.5, 0.6) is 5.75 Å². The summed E-state index contributed by atoms with van der Waals surface area (Å²) in [6.07, 6.45) is 5.26. The second-order valence-corrected chi connectivity index (χ2v) is 7.99. The van der Waals surface area contributed by atoms with Crippen molar-refractivity contribution in [3.8, 4) is 5.75 Å². The highest BCUT2D eigenvalue weighted by Crippen LogP contribution is 2.35. The van der Waals surface area contributed by atoms with Gasteiger partial charge in [0.25, 0.3) is 0 Å². The zero-order valence-electron chi connectivity index (χ0n) is 17.6. The van der Waals surface area contributed by atoms with Crippen LogP contribution in [0, 0.1) is 0 Å². The van der Waals surface area contributed by atoms with E-state index in [1.165, 1.54) is 11.1 Å². The van der Waals surface area contributed by atoms with Crippen molar-refractivity contribution in [3.63, 3.8) is 0 Å². The van der Waals surface area contributed by atoms with E-state index in [0.717, 1.165) is 24.2 Å². The number of benzene rings is 2. The first kappa shape index (κ1) is 21.1. The van der Waals surface area contributed by atoms with E-state index in [-0.39, 0.29) is 11.3 Å². The highest BCUT2D eigenvalue weighted by atomic mass is 16.5. The maximum absolute atomic E-state index is 12.5. The minimum atomic E-state index is -0.104. The van der Waals surface area contributed by atoms with Crippen molar-refractivity contribution in [1.82, 2.24) is 5.32 Å². The van der Waals surface area contributed by atoms with Crippen molar-refractivity contribution < 1.29 is 14.3 Å². The molecule has 3 rings (SSSR count). The number of ether oxygens (including phenoxy) is 2. The van der Waals surface area contributed by atoms with Gasteiger partial charge in [-0.3, -0.25) is 4.79 Å². The van der Waals surface area contributed by atoms with Gasteiger partial charge in [-0.25, -0.2) is 0 Å². The molecule has 0 unspecified atom stereocenters. The van der Waals surface area contributed by atoms with Gasteiger partial charge in [-0.05, 0) is 53.7 Å². The van der Waals surface area contributed by atoms with Crippen molar-refractivity contribution in [2.45, 2.75) is 38.0 Å². The van der Waals surface area contributed by atoms with Crippen molar-refractivity contribution in [2.24, 2.45) is 0 Å². The molecule has 1 fully saturated rings. The SMILES string of the molecule is COc1ccc(C2(CNC(=O)/C=C/c3ccc(C(C)C)cc3)CCOCC2)cc1. The van der Waals surface area contributed by atoms with E-state index < -0.39 is 0 Å². The standard InChI is InChI=1S/C25H31NO3/c1-19(2)21-7-4-20(5-8-21)6-13-24(27)26-18-25(14-16-29-17-15-25)22-9-11-23(28-3)12-10-22/h4-13,19H,14-18H2,1-3H3,(H,26,27)/b13-6+. The number of rotatable bonds is 7. The molecule has 0 aromatic heterocycles. The van der Waals surface area contributed by atoms with Gasteiger partial charge in [0.05, 0.1) is 7.11 Å². The molecule has 1 aliphatic heterocycles. The van der Waals surface area contributed by atoms with Crippen LogP contribution in [0.25, 0.3) is 6.08 Å². The molecule has 0 spiro atoms. The Morgan fingerprint density at radius 3 is 2.34 bits per heavy atom. The van der Waals surface area contributed by atoms with Crippen molar-refractivity contribution in [1.29, 1.82) is 0 Å². The number of hydrogen-bond donors (Lipinski definition) is 1. The highest BCUT2D eigenvalue weighted by molar-refractivity contribution is 5.91. The normalized spacial score (nSPS) is 16.1. The number of nitrogens with one attached hydrogen (secondary N) is 1. The topological polar surface area (TPSA) is 47.6 Å². The molecule has 0 radical (unpaired) electrons. The maximum atomic E-state index is 12.5. The lowest BCUT2D eigenvalue weighted by Crippen LogP contribution is -2.44.